The summed E-state index contributed by atoms with van der Waals surface area (Å²) < 4.78 is 14.3. The van der Waals surface area contributed by atoms with Gasteiger partial charge in [0.2, 0.25) is 0 Å². The van der Waals surface area contributed by atoms with Crippen LogP contribution in [0.15, 0.2) is 0 Å². The van der Waals surface area contributed by atoms with Crippen molar-refractivity contribution < 1.29 is 24.6 Å². The number of hydrogen-bond acceptors (Lipinski definition) is 4. The van der Waals surface area contributed by atoms with Crippen molar-refractivity contribution in [1.82, 2.24) is 6.15 Å². The fourth-order valence-electron chi connectivity index (χ4n) is 4.78. The first-order valence-electron chi connectivity index (χ1n) is 12.6. The Morgan fingerprint density at radius 2 is 1.44 bits per heavy atom. The number of rotatable bonds is 14. The van der Waals surface area contributed by atoms with Gasteiger partial charge in [-0.25, -0.2) is 0 Å². The largest absolute Gasteiger partial charge is 0.598 e. The molecule has 2 atom stereocenters. The van der Waals surface area contributed by atoms with E-state index in [0.717, 1.165) is 26.1 Å². The molecule has 1 saturated heterocycles. The molecule has 0 aliphatic carbocycles. The number of ether oxygens (including phenoxy) is 1. The summed E-state index contributed by atoms with van der Waals surface area (Å²) in [6, 6.07) is 1.35. The molecule has 1 fully saturated rings. The van der Waals surface area contributed by atoms with Crippen molar-refractivity contribution in [3.05, 3.63) is 0 Å². The first kappa shape index (κ1) is 41.3. The third kappa shape index (κ3) is 15.4. The highest BCUT2D eigenvalue weighted by Crippen LogP contribution is 2.57. The molecule has 10 radical (unpaired) electrons. The van der Waals surface area contributed by atoms with Crippen molar-refractivity contribution >= 4 is 87.2 Å². The molecule has 0 aromatic rings. The van der Waals surface area contributed by atoms with E-state index in [2.05, 4.69) is 47.7 Å². The molecule has 0 amide bonds. The molecular weight excluding hydrogens is 477 g/mol. The molecule has 1 aliphatic rings. The van der Waals surface area contributed by atoms with Gasteiger partial charge in [-0.2, -0.15) is 0 Å². The molecule has 0 saturated carbocycles. The second-order valence-corrected chi connectivity index (χ2v) is 18.3. The van der Waals surface area contributed by atoms with E-state index in [1.54, 1.807) is 0 Å². The van der Waals surface area contributed by atoms with Crippen LogP contribution in [0.3, 0.4) is 0 Å². The lowest BCUT2D eigenvalue weighted by Crippen LogP contribution is -2.63. The van der Waals surface area contributed by atoms with Gasteiger partial charge in [0.05, 0.1) is 14.7 Å². The lowest BCUT2D eigenvalue weighted by atomic mass is 8.57. The lowest BCUT2D eigenvalue weighted by molar-refractivity contribution is -0.297. The molecule has 1 rings (SSSR count). The Bertz CT molecular complexity index is 603. The maximum absolute atomic E-state index is 8.48. The summed E-state index contributed by atoms with van der Waals surface area (Å²) in [4.78, 5) is 17.0. The van der Waals surface area contributed by atoms with Crippen molar-refractivity contribution in [2.24, 2.45) is 5.92 Å². The molecule has 6 N–H and O–H groups in total. The first-order valence-corrected chi connectivity index (χ1v) is 16.9. The van der Waals surface area contributed by atoms with E-state index >= 15 is 0 Å². The van der Waals surface area contributed by atoms with E-state index in [1.165, 1.54) is 18.9 Å². The lowest BCUT2D eigenvalue weighted by Gasteiger charge is -2.37. The Hall–Kier alpha value is 0.766. The van der Waals surface area contributed by atoms with E-state index < -0.39 is 29.1 Å². The summed E-state index contributed by atoms with van der Waals surface area (Å²) in [6.07, 6.45) is 3.26. The smallest absolute Gasteiger partial charge is 0.276 e. The summed E-state index contributed by atoms with van der Waals surface area (Å²) in [5.74, 6) is 1.81. The Labute approximate surface area is 232 Å². The second-order valence-electron chi connectivity index (χ2n) is 12.1. The average Bonchev–Trinajstić information content (AvgIpc) is 3.31. The molecule has 2 unspecified atom stereocenters. The van der Waals surface area contributed by atoms with Crippen molar-refractivity contribution in [3.63, 3.8) is 0 Å². The van der Waals surface area contributed by atoms with E-state index in [1.807, 2.05) is 0 Å². The Morgan fingerprint density at radius 1 is 1.00 bits per heavy atom. The van der Waals surface area contributed by atoms with Gasteiger partial charge in [-0.05, 0) is 17.4 Å². The fraction of sp³-hybridized carbons (Fsp3) is 1.00. The van der Waals surface area contributed by atoms with Gasteiger partial charge in [0.15, 0.2) is 0 Å². The van der Waals surface area contributed by atoms with Gasteiger partial charge in [0.1, 0.15) is 0 Å². The van der Waals surface area contributed by atoms with Crippen molar-refractivity contribution in [1.29, 1.82) is 0 Å². The average molecular weight is 522 g/mol. The molecule has 0 aromatic carbocycles. The zero-order valence-electron chi connectivity index (χ0n) is 24.0. The first-order chi connectivity index (χ1) is 15.4. The van der Waals surface area contributed by atoms with Crippen LogP contribution in [0.2, 0.25) is 35.8 Å². The van der Waals surface area contributed by atoms with Crippen LogP contribution in [0.4, 0.5) is 0 Å². The van der Waals surface area contributed by atoms with Gasteiger partial charge in [0.25, 0.3) is 8.25 Å². The zero-order chi connectivity index (χ0) is 26.9. The minimum absolute atomic E-state index is 0. The van der Waals surface area contributed by atoms with Crippen LogP contribution in [0.5, 0.6) is 0 Å². The predicted octanol–water partition coefficient (Wildman–Crippen LogP) is 0.511. The second kappa shape index (κ2) is 18.9. The van der Waals surface area contributed by atoms with Crippen LogP contribution in [-0.4, -0.2) is 97.6 Å². The SMILES string of the molecule is O.O=[P+]([O-])[O-].[B]B([B])B([B])B(B([B])[B])B1C(CCCOCC(C)C)C1CCC[Si](C)(C)C(C)(C)C.[NH4+]. The van der Waals surface area contributed by atoms with Crippen LogP contribution in [0.1, 0.15) is 60.3 Å². The normalized spacial score (nSPS) is 16.7. The van der Waals surface area contributed by atoms with Gasteiger partial charge < -0.3 is 26.2 Å². The van der Waals surface area contributed by atoms with Gasteiger partial charge >= 0.3 is 0 Å². The summed E-state index contributed by atoms with van der Waals surface area (Å²) in [6.45, 7) is 18.6. The maximum atomic E-state index is 8.48. The van der Waals surface area contributed by atoms with Crippen LogP contribution in [0.25, 0.3) is 0 Å². The van der Waals surface area contributed by atoms with Crippen LogP contribution in [0, 0.1) is 5.92 Å². The Morgan fingerprint density at radius 3 is 1.81 bits per heavy atom. The molecular formula is C18H44B10NO5PSi. The molecule has 1 heterocycles. The summed E-state index contributed by atoms with van der Waals surface area (Å²) >= 11 is 0. The maximum Gasteiger partial charge on any atom is 0.276 e. The van der Waals surface area contributed by atoms with Gasteiger partial charge in [-0.3, -0.25) is 0 Å². The fourth-order valence-corrected chi connectivity index (χ4v) is 6.62. The van der Waals surface area contributed by atoms with Crippen LogP contribution in [-0.2, 0) is 9.30 Å². The molecule has 36 heavy (non-hydrogen) atoms. The van der Waals surface area contributed by atoms with Crippen molar-refractivity contribution in [3.8, 4) is 0 Å². The zero-order valence-corrected chi connectivity index (χ0v) is 25.9. The third-order valence-corrected chi connectivity index (χ3v) is 13.5. The van der Waals surface area contributed by atoms with Crippen molar-refractivity contribution in [2.45, 2.75) is 96.1 Å². The number of quaternary nitrogens is 1. The highest BCUT2D eigenvalue weighted by atomic mass is 31.1. The van der Waals surface area contributed by atoms with Crippen molar-refractivity contribution in [2.75, 3.05) is 13.2 Å². The van der Waals surface area contributed by atoms with E-state index in [0.29, 0.717) is 29.2 Å². The number of hydrogen-bond donors (Lipinski definition) is 1. The summed E-state index contributed by atoms with van der Waals surface area (Å²) in [7, 11) is 25.9. The quantitative estimate of drug-likeness (QED) is 0.202. The highest BCUT2D eigenvalue weighted by Gasteiger charge is 2.57. The molecule has 190 valence electrons. The summed E-state index contributed by atoms with van der Waals surface area (Å²) in [5.41, 5.74) is 0. The van der Waals surface area contributed by atoms with E-state index in [4.69, 9.17) is 57.8 Å². The molecule has 0 spiro atoms. The minimum atomic E-state index is -3.37. The van der Waals surface area contributed by atoms with Gasteiger partial charge in [-0.15, -0.1) is 0 Å². The Balaban J connectivity index is -0.00000168. The topological polar surface area (TPSA) is 140 Å². The van der Waals surface area contributed by atoms with E-state index in [-0.39, 0.29) is 24.4 Å². The molecule has 0 aromatic heterocycles. The van der Waals surface area contributed by atoms with Crippen LogP contribution >= 0.6 is 8.25 Å². The molecule has 6 nitrogen and oxygen atoms in total. The third-order valence-electron chi connectivity index (χ3n) is 7.82. The molecule has 0 bridgehead atoms. The predicted molar refractivity (Wildman–Crippen MR) is 168 cm³/mol. The summed E-state index contributed by atoms with van der Waals surface area (Å²) in [5, 5.41) is 0.430. The molecule has 18 heteroatoms. The van der Waals surface area contributed by atoms with Gasteiger partial charge in [0, 0.05) is 77.4 Å². The Kier molecular flexibility index (Phi) is 21.7. The molecule has 1 aliphatic heterocycles. The monoisotopic (exact) mass is 523 g/mol. The minimum Gasteiger partial charge on any atom is -0.598 e. The van der Waals surface area contributed by atoms with E-state index in [9.17, 15) is 0 Å². The van der Waals surface area contributed by atoms with Gasteiger partial charge in [-0.1, -0.05) is 89.2 Å². The highest BCUT2D eigenvalue weighted by molar-refractivity contribution is 8.01. The standard InChI is InChI=1S/C18H38B10OSi.H3N.HO3P.H2O/c1-15(2)14-29-12-8-10-16-17(11-9-13-30(6,7)18(3,4)5)24(16)28(26(21)22)27(23)25(19)20;;1-4(2)3;/h15-17H,8-14H2,1-7H3;1H3;(H,1,2,3);1H2. The van der Waals surface area contributed by atoms with Crippen LogP contribution < -0.4 is 15.9 Å².